The Morgan fingerprint density at radius 1 is 1.09 bits per heavy atom. The highest BCUT2D eigenvalue weighted by Gasteiger charge is 2.01. The normalized spacial score (nSPS) is 11.2. The molecule has 0 unspecified atom stereocenters. The van der Waals surface area contributed by atoms with Gasteiger partial charge in [-0.05, 0) is 36.8 Å². The number of fused-ring (bicyclic) bond motifs is 1. The molecule has 3 nitrogen and oxygen atoms in total. The van der Waals surface area contributed by atoms with Gasteiger partial charge < -0.3 is 0 Å². The van der Waals surface area contributed by atoms with Gasteiger partial charge in [0.05, 0.1) is 16.8 Å². The number of pyridine rings is 1. The fraction of sp³-hybridized carbons (Fsp3) is 0.0588. The fourth-order valence-corrected chi connectivity index (χ4v) is 2.64. The van der Waals surface area contributed by atoms with Crippen LogP contribution in [0.3, 0.4) is 0 Å². The molecule has 0 radical (unpaired) electrons. The van der Waals surface area contributed by atoms with Crippen molar-refractivity contribution in [1.29, 1.82) is 0 Å². The Hall–Kier alpha value is -2.10. The lowest BCUT2D eigenvalue weighted by Crippen LogP contribution is -1.95. The zero-order chi connectivity index (χ0) is 15.5. The molecule has 1 N–H and O–H groups in total. The Bertz CT molecular complexity index is 860. The van der Waals surface area contributed by atoms with Gasteiger partial charge in [-0.1, -0.05) is 47.5 Å². The summed E-state index contributed by atoms with van der Waals surface area (Å²) in [6, 6.07) is 15.2. The van der Waals surface area contributed by atoms with Gasteiger partial charge in [-0.3, -0.25) is 5.43 Å². The van der Waals surface area contributed by atoms with E-state index in [1.165, 1.54) is 0 Å². The average molecular weight is 330 g/mol. The second-order valence-electron chi connectivity index (χ2n) is 4.88. The first-order valence-corrected chi connectivity index (χ1v) is 7.49. The first kappa shape index (κ1) is 14.8. The third-order valence-electron chi connectivity index (χ3n) is 3.27. The Morgan fingerprint density at radius 2 is 1.91 bits per heavy atom. The van der Waals surface area contributed by atoms with Crippen molar-refractivity contribution in [1.82, 2.24) is 4.98 Å². The molecule has 3 rings (SSSR count). The molecule has 0 saturated heterocycles. The second kappa shape index (κ2) is 6.34. The van der Waals surface area contributed by atoms with E-state index in [-0.39, 0.29) is 0 Å². The molecule has 0 atom stereocenters. The zero-order valence-corrected chi connectivity index (χ0v) is 13.4. The quantitative estimate of drug-likeness (QED) is 0.523. The van der Waals surface area contributed by atoms with E-state index < -0.39 is 0 Å². The molecule has 5 heteroatoms. The minimum absolute atomic E-state index is 0.556. The number of aromatic nitrogens is 1. The number of aryl methyl sites for hydroxylation is 1. The Morgan fingerprint density at radius 3 is 2.73 bits per heavy atom. The third-order valence-corrected chi connectivity index (χ3v) is 3.83. The highest BCUT2D eigenvalue weighted by Crippen LogP contribution is 2.21. The topological polar surface area (TPSA) is 37.3 Å². The number of anilines is 1. The summed E-state index contributed by atoms with van der Waals surface area (Å²) in [7, 11) is 0. The number of halogens is 2. The van der Waals surface area contributed by atoms with Gasteiger partial charge in [-0.2, -0.15) is 5.10 Å². The molecule has 0 aliphatic rings. The van der Waals surface area contributed by atoms with Crippen LogP contribution >= 0.6 is 23.2 Å². The molecule has 1 heterocycles. The van der Waals surface area contributed by atoms with Crippen LogP contribution in [0.4, 0.5) is 5.82 Å². The van der Waals surface area contributed by atoms with Crippen LogP contribution in [0, 0.1) is 6.92 Å². The number of hydrazone groups is 1. The van der Waals surface area contributed by atoms with E-state index in [2.05, 4.69) is 28.5 Å². The first-order chi connectivity index (χ1) is 10.6. The molecule has 110 valence electrons. The maximum Gasteiger partial charge on any atom is 0.147 e. The van der Waals surface area contributed by atoms with Gasteiger partial charge in [0, 0.05) is 16.0 Å². The standard InChI is InChI=1S/C17H13Cl2N3/c1-11-8-17(21-16-5-3-2-4-14(11)16)22-20-10-12-6-7-13(18)9-15(12)19/h2-10H,1H3,(H,21,22)/b20-10-. The second-order valence-corrected chi connectivity index (χ2v) is 5.72. The number of hydrogen-bond acceptors (Lipinski definition) is 3. The largest absolute Gasteiger partial charge is 0.261 e. The predicted molar refractivity (Wildman–Crippen MR) is 94.2 cm³/mol. The number of para-hydroxylation sites is 1. The van der Waals surface area contributed by atoms with Crippen LogP contribution < -0.4 is 5.43 Å². The lowest BCUT2D eigenvalue weighted by Gasteiger charge is -2.05. The average Bonchev–Trinajstić information content (AvgIpc) is 2.50. The van der Waals surface area contributed by atoms with Crippen LogP contribution in [0.2, 0.25) is 10.0 Å². The number of benzene rings is 2. The van der Waals surface area contributed by atoms with Gasteiger partial charge in [0.1, 0.15) is 5.82 Å². The summed E-state index contributed by atoms with van der Waals surface area (Å²) < 4.78 is 0. The SMILES string of the molecule is Cc1cc(N/N=C\c2ccc(Cl)cc2Cl)nc2ccccc12. The van der Waals surface area contributed by atoms with Crippen molar-refractivity contribution >= 4 is 46.1 Å². The number of nitrogens with one attached hydrogen (secondary N) is 1. The molecule has 0 aliphatic heterocycles. The molecular formula is C17H13Cl2N3. The van der Waals surface area contributed by atoms with Crippen molar-refractivity contribution in [2.75, 3.05) is 5.43 Å². The van der Waals surface area contributed by atoms with Crippen molar-refractivity contribution < 1.29 is 0 Å². The number of nitrogens with zero attached hydrogens (tertiary/aromatic N) is 2. The molecule has 1 aromatic heterocycles. The van der Waals surface area contributed by atoms with Gasteiger partial charge in [0.15, 0.2) is 0 Å². The van der Waals surface area contributed by atoms with Gasteiger partial charge in [0.25, 0.3) is 0 Å². The van der Waals surface area contributed by atoms with Gasteiger partial charge in [0.2, 0.25) is 0 Å². The highest BCUT2D eigenvalue weighted by molar-refractivity contribution is 6.36. The van der Waals surface area contributed by atoms with E-state index in [0.717, 1.165) is 22.0 Å². The highest BCUT2D eigenvalue weighted by atomic mass is 35.5. The Kier molecular flexibility index (Phi) is 4.27. The van der Waals surface area contributed by atoms with Crippen LogP contribution in [-0.2, 0) is 0 Å². The van der Waals surface area contributed by atoms with Crippen molar-refractivity contribution in [2.24, 2.45) is 5.10 Å². The van der Waals surface area contributed by atoms with E-state index in [0.29, 0.717) is 15.9 Å². The summed E-state index contributed by atoms with van der Waals surface area (Å²) in [4.78, 5) is 4.52. The van der Waals surface area contributed by atoms with E-state index >= 15 is 0 Å². The van der Waals surface area contributed by atoms with Crippen LogP contribution in [0.1, 0.15) is 11.1 Å². The van der Waals surface area contributed by atoms with Crippen LogP contribution in [0.25, 0.3) is 10.9 Å². The lowest BCUT2D eigenvalue weighted by atomic mass is 10.1. The molecule has 0 saturated carbocycles. The minimum atomic E-state index is 0.556. The smallest absolute Gasteiger partial charge is 0.147 e. The summed E-state index contributed by atoms with van der Waals surface area (Å²) in [5.74, 6) is 0.692. The van der Waals surface area contributed by atoms with E-state index in [9.17, 15) is 0 Å². The predicted octanol–water partition coefficient (Wildman–Crippen LogP) is 5.30. The molecule has 0 bridgehead atoms. The number of rotatable bonds is 3. The van der Waals surface area contributed by atoms with E-state index in [4.69, 9.17) is 23.2 Å². The maximum atomic E-state index is 6.10. The van der Waals surface area contributed by atoms with Crippen molar-refractivity contribution in [3.05, 3.63) is 69.7 Å². The van der Waals surface area contributed by atoms with E-state index in [1.807, 2.05) is 30.3 Å². The fourth-order valence-electron chi connectivity index (χ4n) is 2.18. The maximum absolute atomic E-state index is 6.10. The Labute approximate surface area is 138 Å². The van der Waals surface area contributed by atoms with Gasteiger partial charge in [-0.25, -0.2) is 4.98 Å². The molecule has 0 fully saturated rings. The van der Waals surface area contributed by atoms with Crippen LogP contribution in [0.5, 0.6) is 0 Å². The molecule has 3 aromatic rings. The molecule has 0 aliphatic carbocycles. The molecule has 2 aromatic carbocycles. The molecule has 22 heavy (non-hydrogen) atoms. The summed E-state index contributed by atoms with van der Waals surface area (Å²) in [5.41, 5.74) is 5.80. The van der Waals surface area contributed by atoms with Gasteiger partial charge in [-0.15, -0.1) is 0 Å². The van der Waals surface area contributed by atoms with Crippen LogP contribution in [-0.4, -0.2) is 11.2 Å². The molecular weight excluding hydrogens is 317 g/mol. The lowest BCUT2D eigenvalue weighted by molar-refractivity contribution is 1.25. The van der Waals surface area contributed by atoms with Crippen molar-refractivity contribution in [3.8, 4) is 0 Å². The van der Waals surface area contributed by atoms with Crippen molar-refractivity contribution in [2.45, 2.75) is 6.92 Å². The van der Waals surface area contributed by atoms with Crippen molar-refractivity contribution in [3.63, 3.8) is 0 Å². The third kappa shape index (κ3) is 3.21. The molecule has 0 spiro atoms. The first-order valence-electron chi connectivity index (χ1n) is 6.74. The van der Waals surface area contributed by atoms with Gasteiger partial charge >= 0.3 is 0 Å². The number of hydrogen-bond donors (Lipinski definition) is 1. The summed E-state index contributed by atoms with van der Waals surface area (Å²) in [6.07, 6.45) is 1.64. The zero-order valence-electron chi connectivity index (χ0n) is 11.8. The summed E-state index contributed by atoms with van der Waals surface area (Å²) in [6.45, 7) is 2.05. The minimum Gasteiger partial charge on any atom is -0.261 e. The monoisotopic (exact) mass is 329 g/mol. The molecule has 0 amide bonds. The van der Waals surface area contributed by atoms with E-state index in [1.54, 1.807) is 18.3 Å². The Balaban J connectivity index is 1.83. The summed E-state index contributed by atoms with van der Waals surface area (Å²) in [5, 5.41) is 6.48. The summed E-state index contributed by atoms with van der Waals surface area (Å²) >= 11 is 12.0. The van der Waals surface area contributed by atoms with Crippen LogP contribution in [0.15, 0.2) is 53.6 Å².